The van der Waals surface area contributed by atoms with Gasteiger partial charge in [0.1, 0.15) is 4.60 Å². The Hall–Kier alpha value is -0.870. The molecule has 0 radical (unpaired) electrons. The van der Waals surface area contributed by atoms with Gasteiger partial charge in [0, 0.05) is 15.8 Å². The highest BCUT2D eigenvalue weighted by molar-refractivity contribution is 9.10. The molecule has 0 aromatic carbocycles. The average Bonchev–Trinajstić information content (AvgIpc) is 2.61. The minimum absolute atomic E-state index is 0.308. The zero-order valence-corrected chi connectivity index (χ0v) is 12.5. The Morgan fingerprint density at radius 3 is 2.65 bits per heavy atom. The maximum atomic E-state index is 4.21. The molecule has 0 aliphatic carbocycles. The molecule has 4 heteroatoms. The second-order valence-corrected chi connectivity index (χ2v) is 6.38. The molecule has 2 heterocycles. The number of nitrogens with one attached hydrogen (secondary N) is 1. The van der Waals surface area contributed by atoms with Gasteiger partial charge in [-0.05, 0) is 60.5 Å². The summed E-state index contributed by atoms with van der Waals surface area (Å²) >= 11 is 5.18. The number of anilines is 1. The molecule has 0 amide bonds. The van der Waals surface area contributed by atoms with Gasteiger partial charge in [0.15, 0.2) is 0 Å². The van der Waals surface area contributed by atoms with Crippen molar-refractivity contribution < 1.29 is 0 Å². The Morgan fingerprint density at radius 1 is 1.35 bits per heavy atom. The van der Waals surface area contributed by atoms with Crippen LogP contribution in [0.3, 0.4) is 0 Å². The third-order valence-corrected chi connectivity index (χ3v) is 4.11. The van der Waals surface area contributed by atoms with Crippen molar-refractivity contribution in [2.24, 2.45) is 0 Å². The van der Waals surface area contributed by atoms with E-state index in [-0.39, 0.29) is 0 Å². The smallest absolute Gasteiger partial charge is 0.106 e. The van der Waals surface area contributed by atoms with Gasteiger partial charge in [-0.15, -0.1) is 11.3 Å². The molecule has 0 aliphatic heterocycles. The minimum Gasteiger partial charge on any atom is -0.377 e. The molecule has 1 N–H and O–H groups in total. The summed E-state index contributed by atoms with van der Waals surface area (Å²) in [6, 6.07) is 6.54. The first-order chi connectivity index (χ1) is 8.06. The first-order valence-corrected chi connectivity index (χ1v) is 7.12. The van der Waals surface area contributed by atoms with Gasteiger partial charge in [-0.3, -0.25) is 0 Å². The number of hydrogen-bond donors (Lipinski definition) is 1. The van der Waals surface area contributed by atoms with Crippen molar-refractivity contribution >= 4 is 33.0 Å². The second-order valence-electron chi connectivity index (χ2n) is 4.10. The van der Waals surface area contributed by atoms with Gasteiger partial charge in [-0.25, -0.2) is 4.98 Å². The zero-order chi connectivity index (χ0) is 12.4. The van der Waals surface area contributed by atoms with E-state index >= 15 is 0 Å². The van der Waals surface area contributed by atoms with Crippen LogP contribution < -0.4 is 5.32 Å². The topological polar surface area (TPSA) is 24.9 Å². The Balaban J connectivity index is 2.14. The van der Waals surface area contributed by atoms with E-state index in [2.05, 4.69) is 53.1 Å². The summed E-state index contributed by atoms with van der Waals surface area (Å²) in [5.74, 6) is 0. The molecular formula is C13H15BrN2S. The van der Waals surface area contributed by atoms with Crippen molar-refractivity contribution in [1.29, 1.82) is 0 Å². The van der Waals surface area contributed by atoms with Crippen molar-refractivity contribution in [3.63, 3.8) is 0 Å². The molecule has 17 heavy (non-hydrogen) atoms. The lowest BCUT2D eigenvalue weighted by Gasteiger charge is -2.15. The Morgan fingerprint density at radius 2 is 2.12 bits per heavy atom. The molecule has 2 nitrogen and oxygen atoms in total. The van der Waals surface area contributed by atoms with Crippen molar-refractivity contribution in [3.05, 3.63) is 44.3 Å². The highest BCUT2D eigenvalue weighted by atomic mass is 79.9. The van der Waals surface area contributed by atoms with Crippen LogP contribution in [0.1, 0.15) is 28.3 Å². The number of rotatable bonds is 3. The van der Waals surface area contributed by atoms with E-state index in [1.165, 1.54) is 15.3 Å². The van der Waals surface area contributed by atoms with Gasteiger partial charge >= 0.3 is 0 Å². The van der Waals surface area contributed by atoms with E-state index in [1.807, 2.05) is 29.7 Å². The van der Waals surface area contributed by atoms with Crippen molar-refractivity contribution in [2.45, 2.75) is 26.8 Å². The fourth-order valence-corrected chi connectivity index (χ4v) is 3.13. The number of thiophene rings is 1. The molecule has 0 bridgehead atoms. The number of nitrogens with zero attached hydrogens (tertiary/aromatic N) is 1. The average molecular weight is 311 g/mol. The summed E-state index contributed by atoms with van der Waals surface area (Å²) in [4.78, 5) is 6.95. The van der Waals surface area contributed by atoms with Crippen LogP contribution >= 0.6 is 27.3 Å². The number of aromatic nitrogens is 1. The summed E-state index contributed by atoms with van der Waals surface area (Å²) in [6.45, 7) is 6.50. The molecule has 0 fully saturated rings. The minimum atomic E-state index is 0.308. The zero-order valence-electron chi connectivity index (χ0n) is 10.1. The number of hydrogen-bond acceptors (Lipinski definition) is 3. The first kappa shape index (κ1) is 12.6. The third kappa shape index (κ3) is 3.07. The van der Waals surface area contributed by atoms with E-state index in [4.69, 9.17) is 0 Å². The quantitative estimate of drug-likeness (QED) is 0.831. The van der Waals surface area contributed by atoms with Crippen LogP contribution in [-0.2, 0) is 0 Å². The van der Waals surface area contributed by atoms with Gasteiger partial charge in [0.25, 0.3) is 0 Å². The standard InChI is InChI=1S/C13H15BrN2S/c1-8-6-12(10(3)17-8)9(2)16-11-4-5-13(14)15-7-11/h4-7,9,16H,1-3H3. The van der Waals surface area contributed by atoms with Crippen LogP contribution in [0.15, 0.2) is 29.0 Å². The van der Waals surface area contributed by atoms with Gasteiger partial charge in [-0.2, -0.15) is 0 Å². The molecule has 0 saturated carbocycles. The van der Waals surface area contributed by atoms with E-state index in [0.29, 0.717) is 6.04 Å². The van der Waals surface area contributed by atoms with E-state index in [0.717, 1.165) is 10.3 Å². The van der Waals surface area contributed by atoms with E-state index < -0.39 is 0 Å². The molecule has 0 aliphatic rings. The summed E-state index contributed by atoms with van der Waals surface area (Å²) in [5.41, 5.74) is 2.42. The van der Waals surface area contributed by atoms with Crippen molar-refractivity contribution in [1.82, 2.24) is 4.98 Å². The number of aryl methyl sites for hydroxylation is 2. The van der Waals surface area contributed by atoms with Gasteiger partial charge in [-0.1, -0.05) is 0 Å². The van der Waals surface area contributed by atoms with Crippen molar-refractivity contribution in [3.8, 4) is 0 Å². The maximum absolute atomic E-state index is 4.21. The molecule has 1 unspecified atom stereocenters. The molecule has 2 aromatic heterocycles. The Labute approximate surface area is 114 Å². The van der Waals surface area contributed by atoms with Crippen LogP contribution in [0.4, 0.5) is 5.69 Å². The summed E-state index contributed by atoms with van der Waals surface area (Å²) in [7, 11) is 0. The van der Waals surface area contributed by atoms with Crippen LogP contribution in [0.2, 0.25) is 0 Å². The van der Waals surface area contributed by atoms with Crippen LogP contribution in [0, 0.1) is 13.8 Å². The maximum Gasteiger partial charge on any atom is 0.106 e. The van der Waals surface area contributed by atoms with Crippen LogP contribution in [-0.4, -0.2) is 4.98 Å². The lowest BCUT2D eigenvalue weighted by atomic mass is 10.1. The molecule has 0 saturated heterocycles. The monoisotopic (exact) mass is 310 g/mol. The lowest BCUT2D eigenvalue weighted by molar-refractivity contribution is 0.879. The highest BCUT2D eigenvalue weighted by Crippen LogP contribution is 2.28. The van der Waals surface area contributed by atoms with Gasteiger partial charge in [0.2, 0.25) is 0 Å². The van der Waals surface area contributed by atoms with Gasteiger partial charge in [0.05, 0.1) is 11.9 Å². The molecule has 0 spiro atoms. The normalized spacial score (nSPS) is 12.5. The number of pyridine rings is 1. The number of halogens is 1. The summed E-state index contributed by atoms with van der Waals surface area (Å²) in [5, 5.41) is 3.46. The van der Waals surface area contributed by atoms with Crippen LogP contribution in [0.25, 0.3) is 0 Å². The first-order valence-electron chi connectivity index (χ1n) is 5.51. The largest absolute Gasteiger partial charge is 0.377 e. The van der Waals surface area contributed by atoms with Crippen LogP contribution in [0.5, 0.6) is 0 Å². The van der Waals surface area contributed by atoms with Crippen molar-refractivity contribution in [2.75, 3.05) is 5.32 Å². The molecule has 90 valence electrons. The molecular weight excluding hydrogens is 296 g/mol. The SMILES string of the molecule is Cc1cc(C(C)Nc2ccc(Br)nc2)c(C)s1. The summed E-state index contributed by atoms with van der Waals surface area (Å²) < 4.78 is 0.860. The summed E-state index contributed by atoms with van der Waals surface area (Å²) in [6.07, 6.45) is 1.84. The van der Waals surface area contributed by atoms with Gasteiger partial charge < -0.3 is 5.32 Å². The molecule has 2 aromatic rings. The van der Waals surface area contributed by atoms with E-state index in [1.54, 1.807) is 0 Å². The lowest BCUT2D eigenvalue weighted by Crippen LogP contribution is -2.06. The Kier molecular flexibility index (Phi) is 3.84. The predicted molar refractivity (Wildman–Crippen MR) is 77.8 cm³/mol. The molecule has 2 rings (SSSR count). The Bertz CT molecular complexity index is 505. The fraction of sp³-hybridized carbons (Fsp3) is 0.308. The molecule has 1 atom stereocenters. The predicted octanol–water partition coefficient (Wildman–Crippen LogP) is 4.70. The van der Waals surface area contributed by atoms with E-state index in [9.17, 15) is 0 Å². The highest BCUT2D eigenvalue weighted by Gasteiger charge is 2.10. The third-order valence-electron chi connectivity index (χ3n) is 2.66. The fourth-order valence-electron chi connectivity index (χ4n) is 1.87. The second kappa shape index (κ2) is 5.19.